The number of pyridine rings is 1. The minimum atomic E-state index is -4.68. The zero-order chi connectivity index (χ0) is 22.5. The van der Waals surface area contributed by atoms with Gasteiger partial charge in [0.15, 0.2) is 5.82 Å². The standard InChI is InChI=1S/C19H10ClF5N4O2.N/c1-8-5-9(19(23,24)25)6-10-14(8)27-17(31-18(10)30)13-7-12(15(21)22)28-29(13)16-11(20)3-2-4-26-16;/h2-7,15H,1H3;. The van der Waals surface area contributed by atoms with Crippen molar-refractivity contribution < 1.29 is 26.4 Å². The van der Waals surface area contributed by atoms with Crippen LogP contribution in [-0.4, -0.2) is 19.7 Å². The lowest BCUT2D eigenvalue weighted by Gasteiger charge is -2.10. The molecule has 3 radical (unpaired) electrons. The lowest BCUT2D eigenvalue weighted by molar-refractivity contribution is -0.137. The van der Waals surface area contributed by atoms with E-state index in [0.29, 0.717) is 6.07 Å². The SMILES string of the molecule is Cc1cc(C(F)(F)F)cc2c(=O)oc(-c3cc(C(F)F)nn3-c3ncccc3Cl)nc12.[N]. The molecule has 0 aliphatic rings. The number of halogens is 6. The molecule has 0 aliphatic heterocycles. The maximum Gasteiger partial charge on any atom is 0.416 e. The first kappa shape index (κ1) is 23.3. The summed E-state index contributed by atoms with van der Waals surface area (Å²) in [6.07, 6.45) is -6.29. The zero-order valence-corrected chi connectivity index (χ0v) is 16.6. The summed E-state index contributed by atoms with van der Waals surface area (Å²) in [7, 11) is 0. The number of hydrogen-bond donors (Lipinski definition) is 0. The van der Waals surface area contributed by atoms with E-state index in [-0.39, 0.29) is 33.8 Å². The van der Waals surface area contributed by atoms with Crippen molar-refractivity contribution in [2.75, 3.05) is 0 Å². The fourth-order valence-electron chi connectivity index (χ4n) is 2.98. The highest BCUT2D eigenvalue weighted by molar-refractivity contribution is 6.32. The maximum absolute atomic E-state index is 13.3. The van der Waals surface area contributed by atoms with Gasteiger partial charge < -0.3 is 4.42 Å². The molecule has 4 rings (SSSR count). The molecule has 0 fully saturated rings. The molecule has 0 unspecified atom stereocenters. The Morgan fingerprint density at radius 2 is 1.91 bits per heavy atom. The molecule has 165 valence electrons. The molecule has 0 spiro atoms. The number of fused-ring (bicyclic) bond motifs is 1. The molecule has 0 amide bonds. The van der Waals surface area contributed by atoms with Gasteiger partial charge in [-0.3, -0.25) is 0 Å². The van der Waals surface area contributed by atoms with Gasteiger partial charge in [-0.25, -0.2) is 28.2 Å². The average Bonchev–Trinajstić information content (AvgIpc) is 3.13. The third-order valence-corrected chi connectivity index (χ3v) is 4.66. The largest absolute Gasteiger partial charge is 0.416 e. The van der Waals surface area contributed by atoms with Crippen molar-refractivity contribution >= 4 is 22.5 Å². The Morgan fingerprint density at radius 3 is 2.53 bits per heavy atom. The van der Waals surface area contributed by atoms with Crippen LogP contribution in [0.25, 0.3) is 28.3 Å². The number of aromatic nitrogens is 4. The molecule has 3 aromatic heterocycles. The van der Waals surface area contributed by atoms with Gasteiger partial charge in [-0.15, -0.1) is 0 Å². The Morgan fingerprint density at radius 1 is 1.19 bits per heavy atom. The maximum atomic E-state index is 13.3. The fraction of sp³-hybridized carbons (Fsp3) is 0.158. The summed E-state index contributed by atoms with van der Waals surface area (Å²) < 4.78 is 71.8. The van der Waals surface area contributed by atoms with Crippen LogP contribution >= 0.6 is 11.6 Å². The highest BCUT2D eigenvalue weighted by Gasteiger charge is 2.32. The Kier molecular flexibility index (Phi) is 6.03. The Bertz CT molecular complexity index is 1370. The molecule has 13 heteroatoms. The van der Waals surface area contributed by atoms with Crippen LogP contribution in [-0.2, 0) is 6.18 Å². The van der Waals surface area contributed by atoms with Crippen LogP contribution in [0, 0.1) is 6.92 Å². The Labute approximate surface area is 181 Å². The van der Waals surface area contributed by atoms with Crippen molar-refractivity contribution in [3.05, 3.63) is 68.8 Å². The number of alkyl halides is 5. The summed E-state index contributed by atoms with van der Waals surface area (Å²) in [5.41, 5.74) is -3.01. The summed E-state index contributed by atoms with van der Waals surface area (Å²) >= 11 is 6.09. The molecule has 0 saturated heterocycles. The predicted octanol–water partition coefficient (Wildman–Crippen LogP) is 4.87. The van der Waals surface area contributed by atoms with E-state index < -0.39 is 40.8 Å². The van der Waals surface area contributed by atoms with Gasteiger partial charge in [-0.2, -0.15) is 18.3 Å². The molecule has 7 nitrogen and oxygen atoms in total. The summed E-state index contributed by atoms with van der Waals surface area (Å²) in [5, 5.41) is 3.44. The smallest absolute Gasteiger partial charge is 0.401 e. The summed E-state index contributed by atoms with van der Waals surface area (Å²) in [4.78, 5) is 20.6. The molecule has 0 aliphatic carbocycles. The first-order valence-corrected chi connectivity index (χ1v) is 8.96. The van der Waals surface area contributed by atoms with Crippen molar-refractivity contribution in [2.24, 2.45) is 0 Å². The molecule has 0 saturated carbocycles. The number of nitrogens with zero attached hydrogens (tertiary/aromatic N) is 5. The van der Waals surface area contributed by atoms with Crippen LogP contribution in [0.4, 0.5) is 22.0 Å². The van der Waals surface area contributed by atoms with Crippen LogP contribution in [0.15, 0.2) is 45.7 Å². The van der Waals surface area contributed by atoms with E-state index in [1.54, 1.807) is 0 Å². The van der Waals surface area contributed by atoms with Crippen LogP contribution in [0.3, 0.4) is 0 Å². The van der Waals surface area contributed by atoms with E-state index >= 15 is 0 Å². The van der Waals surface area contributed by atoms with E-state index in [1.807, 2.05) is 0 Å². The lowest BCUT2D eigenvalue weighted by atomic mass is 10.1. The van der Waals surface area contributed by atoms with E-state index in [4.69, 9.17) is 16.0 Å². The van der Waals surface area contributed by atoms with Crippen LogP contribution in [0.2, 0.25) is 5.02 Å². The Balaban J connectivity index is 0.00000289. The molecule has 3 heterocycles. The molecule has 4 aromatic rings. The van der Waals surface area contributed by atoms with E-state index in [9.17, 15) is 26.7 Å². The van der Waals surface area contributed by atoms with Crippen molar-refractivity contribution in [1.29, 1.82) is 0 Å². The van der Waals surface area contributed by atoms with Gasteiger partial charge in [0.1, 0.15) is 11.4 Å². The molecule has 32 heavy (non-hydrogen) atoms. The van der Waals surface area contributed by atoms with Crippen molar-refractivity contribution in [2.45, 2.75) is 19.5 Å². The van der Waals surface area contributed by atoms with Crippen LogP contribution < -0.4 is 11.8 Å². The fourth-order valence-corrected chi connectivity index (χ4v) is 3.18. The second kappa shape index (κ2) is 8.28. The molecule has 0 atom stereocenters. The quantitative estimate of drug-likeness (QED) is 0.397. The van der Waals surface area contributed by atoms with Gasteiger partial charge in [-0.1, -0.05) is 11.6 Å². The van der Waals surface area contributed by atoms with Gasteiger partial charge >= 0.3 is 11.8 Å². The topological polar surface area (TPSA) is 104 Å². The first-order chi connectivity index (χ1) is 14.6. The molecular weight excluding hydrogens is 461 g/mol. The first-order valence-electron chi connectivity index (χ1n) is 8.58. The van der Waals surface area contributed by atoms with Crippen molar-refractivity contribution in [1.82, 2.24) is 25.9 Å². The summed E-state index contributed by atoms with van der Waals surface area (Å²) in [5.74, 6) is -0.457. The Hall–Kier alpha value is -3.38. The zero-order valence-electron chi connectivity index (χ0n) is 15.9. The van der Waals surface area contributed by atoms with Crippen molar-refractivity contribution in [3.8, 4) is 17.4 Å². The monoisotopic (exact) mass is 470 g/mol. The van der Waals surface area contributed by atoms with Gasteiger partial charge in [-0.05, 0) is 42.8 Å². The lowest BCUT2D eigenvalue weighted by Crippen LogP contribution is -2.11. The van der Waals surface area contributed by atoms with Gasteiger partial charge in [0.2, 0.25) is 5.89 Å². The van der Waals surface area contributed by atoms with E-state index in [2.05, 4.69) is 15.1 Å². The molecule has 0 N–H and O–H groups in total. The molecular formula is C19H10ClF5N5O2. The third-order valence-electron chi connectivity index (χ3n) is 4.36. The number of rotatable bonds is 3. The second-order valence-electron chi connectivity index (χ2n) is 6.47. The van der Waals surface area contributed by atoms with Crippen LogP contribution in [0.1, 0.15) is 23.2 Å². The highest BCUT2D eigenvalue weighted by Crippen LogP contribution is 2.33. The number of hydrogen-bond acceptors (Lipinski definition) is 5. The minimum Gasteiger partial charge on any atom is -0.401 e. The minimum absolute atomic E-state index is 0. The number of aryl methyl sites for hydroxylation is 1. The van der Waals surface area contributed by atoms with Gasteiger partial charge in [0, 0.05) is 12.3 Å². The normalized spacial score (nSPS) is 11.8. The third kappa shape index (κ3) is 4.06. The molecule has 1 aromatic carbocycles. The van der Waals surface area contributed by atoms with E-state index in [1.165, 1.54) is 25.3 Å². The van der Waals surface area contributed by atoms with Crippen LogP contribution in [0.5, 0.6) is 0 Å². The predicted molar refractivity (Wildman–Crippen MR) is 102 cm³/mol. The number of benzene rings is 1. The average molecular weight is 471 g/mol. The highest BCUT2D eigenvalue weighted by atomic mass is 35.5. The summed E-state index contributed by atoms with van der Waals surface area (Å²) in [6, 6.07) is 5.36. The molecule has 0 bridgehead atoms. The van der Waals surface area contributed by atoms with E-state index in [0.717, 1.165) is 16.8 Å². The van der Waals surface area contributed by atoms with Gasteiger partial charge in [0.05, 0.1) is 21.5 Å². The second-order valence-corrected chi connectivity index (χ2v) is 6.88. The van der Waals surface area contributed by atoms with Crippen molar-refractivity contribution in [3.63, 3.8) is 0 Å². The summed E-state index contributed by atoms with van der Waals surface area (Å²) in [6.45, 7) is 1.34. The van der Waals surface area contributed by atoms with Gasteiger partial charge in [0.25, 0.3) is 6.43 Å².